The molecular weight excluding hydrogens is 276 g/mol. The van der Waals surface area contributed by atoms with Gasteiger partial charge in [0.15, 0.2) is 0 Å². The molecule has 0 fully saturated rings. The molecule has 0 aliphatic carbocycles. The van der Waals surface area contributed by atoms with Crippen molar-refractivity contribution in [2.75, 3.05) is 25.6 Å². The number of nitrogens with one attached hydrogen (secondary N) is 2. The summed E-state index contributed by atoms with van der Waals surface area (Å²) in [4.78, 5) is 2.60. The zero-order valence-electron chi connectivity index (χ0n) is 12.0. The Morgan fingerprint density at radius 3 is 2.85 bits per heavy atom. The molecule has 7 heteroatoms. The highest BCUT2D eigenvalue weighted by Gasteiger charge is 2.06. The van der Waals surface area contributed by atoms with Gasteiger partial charge in [-0.15, -0.1) is 16.4 Å². The lowest BCUT2D eigenvalue weighted by Crippen LogP contribution is -2.18. The zero-order chi connectivity index (χ0) is 14.4. The molecule has 0 amide bonds. The van der Waals surface area contributed by atoms with E-state index in [1.54, 1.807) is 18.4 Å². The van der Waals surface area contributed by atoms with E-state index in [0.717, 1.165) is 6.54 Å². The van der Waals surface area contributed by atoms with Crippen LogP contribution in [0.4, 0.5) is 6.01 Å². The van der Waals surface area contributed by atoms with Crippen molar-refractivity contribution in [1.82, 2.24) is 15.5 Å². The minimum Gasteiger partial charge on any atom is -0.407 e. The number of rotatable bonds is 8. The van der Waals surface area contributed by atoms with Gasteiger partial charge in [0.2, 0.25) is 5.89 Å². The Hall–Kier alpha value is -1.44. The molecule has 2 rings (SSSR count). The summed E-state index contributed by atoms with van der Waals surface area (Å²) in [5, 5.41) is 14.2. The minimum absolute atomic E-state index is 0.456. The fraction of sp³-hybridized carbons (Fsp3) is 0.538. The topological polar surface area (TPSA) is 72.2 Å². The quantitative estimate of drug-likeness (QED) is 0.727. The maximum atomic E-state index is 5.49. The van der Waals surface area contributed by atoms with Gasteiger partial charge in [-0.2, -0.15) is 0 Å². The highest BCUT2D eigenvalue weighted by atomic mass is 32.1. The van der Waals surface area contributed by atoms with E-state index in [2.05, 4.69) is 40.7 Å². The molecule has 0 unspecified atom stereocenters. The maximum Gasteiger partial charge on any atom is 0.315 e. The normalized spacial score (nSPS) is 10.9. The molecule has 2 aromatic rings. The van der Waals surface area contributed by atoms with Gasteiger partial charge in [0.05, 0.1) is 19.7 Å². The van der Waals surface area contributed by atoms with E-state index in [0.29, 0.717) is 31.6 Å². The van der Waals surface area contributed by atoms with Crippen molar-refractivity contribution in [2.45, 2.75) is 26.9 Å². The summed E-state index contributed by atoms with van der Waals surface area (Å²) >= 11 is 1.78. The molecule has 20 heavy (non-hydrogen) atoms. The van der Waals surface area contributed by atoms with Crippen molar-refractivity contribution in [3.05, 3.63) is 27.3 Å². The minimum atomic E-state index is 0.456. The van der Waals surface area contributed by atoms with Crippen LogP contribution in [0.25, 0.3) is 0 Å². The Kier molecular flexibility index (Phi) is 5.51. The second kappa shape index (κ2) is 7.37. The van der Waals surface area contributed by atoms with Crippen LogP contribution in [0.5, 0.6) is 0 Å². The first-order valence-corrected chi connectivity index (χ1v) is 7.32. The number of ether oxygens (including phenoxy) is 1. The van der Waals surface area contributed by atoms with Crippen molar-refractivity contribution in [1.29, 1.82) is 0 Å². The average molecular weight is 296 g/mol. The van der Waals surface area contributed by atoms with Crippen molar-refractivity contribution in [3.8, 4) is 0 Å². The fourth-order valence-electron chi connectivity index (χ4n) is 1.67. The molecule has 2 aromatic heterocycles. The molecule has 0 spiro atoms. The lowest BCUT2D eigenvalue weighted by molar-refractivity contribution is 0.198. The second-order valence-corrected chi connectivity index (χ2v) is 5.82. The van der Waals surface area contributed by atoms with E-state index in [1.165, 1.54) is 15.3 Å². The zero-order valence-corrected chi connectivity index (χ0v) is 12.8. The summed E-state index contributed by atoms with van der Waals surface area (Å²) in [5.74, 6) is 0.571. The highest BCUT2D eigenvalue weighted by Crippen LogP contribution is 2.21. The highest BCUT2D eigenvalue weighted by molar-refractivity contribution is 7.12. The number of aryl methyl sites for hydroxylation is 2. The summed E-state index contributed by atoms with van der Waals surface area (Å²) in [5.41, 5.74) is 1.32. The summed E-state index contributed by atoms with van der Waals surface area (Å²) < 4.78 is 10.4. The lowest BCUT2D eigenvalue weighted by atomic mass is 10.3. The monoisotopic (exact) mass is 296 g/mol. The number of methoxy groups -OCH3 is 1. The molecule has 0 saturated carbocycles. The van der Waals surface area contributed by atoms with E-state index >= 15 is 0 Å². The van der Waals surface area contributed by atoms with Crippen LogP contribution in [0, 0.1) is 13.8 Å². The fourth-order valence-corrected chi connectivity index (χ4v) is 2.66. The first-order chi connectivity index (χ1) is 9.69. The van der Waals surface area contributed by atoms with Gasteiger partial charge in [0.25, 0.3) is 0 Å². The third-order valence-electron chi connectivity index (χ3n) is 2.86. The summed E-state index contributed by atoms with van der Waals surface area (Å²) in [6.07, 6.45) is 0. The molecule has 0 aliphatic heterocycles. The molecule has 2 N–H and O–H groups in total. The van der Waals surface area contributed by atoms with E-state index in [-0.39, 0.29) is 0 Å². The molecule has 0 atom stereocenters. The SMILES string of the molecule is COCCNCc1nnc(NCc2cc(C)c(C)s2)o1. The Morgan fingerprint density at radius 1 is 1.30 bits per heavy atom. The van der Waals surface area contributed by atoms with Crippen LogP contribution in [-0.2, 0) is 17.8 Å². The summed E-state index contributed by atoms with van der Waals surface area (Å²) in [7, 11) is 1.67. The van der Waals surface area contributed by atoms with Crippen LogP contribution < -0.4 is 10.6 Å². The molecule has 0 radical (unpaired) electrons. The number of thiophene rings is 1. The van der Waals surface area contributed by atoms with Crippen molar-refractivity contribution < 1.29 is 9.15 Å². The molecule has 0 aliphatic rings. The first-order valence-electron chi connectivity index (χ1n) is 6.51. The van der Waals surface area contributed by atoms with Crippen LogP contribution in [0.1, 0.15) is 21.2 Å². The summed E-state index contributed by atoms with van der Waals surface area (Å²) in [6, 6.07) is 2.63. The summed E-state index contributed by atoms with van der Waals surface area (Å²) in [6.45, 7) is 6.92. The van der Waals surface area contributed by atoms with E-state index in [9.17, 15) is 0 Å². The van der Waals surface area contributed by atoms with Crippen molar-refractivity contribution in [3.63, 3.8) is 0 Å². The van der Waals surface area contributed by atoms with Gasteiger partial charge in [-0.1, -0.05) is 5.10 Å². The number of aromatic nitrogens is 2. The van der Waals surface area contributed by atoms with Crippen LogP contribution in [0.15, 0.2) is 10.5 Å². The third-order valence-corrected chi connectivity index (χ3v) is 4.01. The smallest absolute Gasteiger partial charge is 0.315 e. The second-order valence-electron chi connectivity index (χ2n) is 4.48. The van der Waals surface area contributed by atoms with Crippen LogP contribution in [0.2, 0.25) is 0 Å². The maximum absolute atomic E-state index is 5.49. The molecule has 0 saturated heterocycles. The Bertz CT molecular complexity index is 519. The van der Waals surface area contributed by atoms with Gasteiger partial charge < -0.3 is 19.8 Å². The van der Waals surface area contributed by atoms with Gasteiger partial charge in [-0.05, 0) is 25.5 Å². The number of anilines is 1. The lowest BCUT2D eigenvalue weighted by Gasteiger charge is -1.99. The first kappa shape index (κ1) is 15.0. The van der Waals surface area contributed by atoms with Crippen molar-refractivity contribution >= 4 is 17.4 Å². The van der Waals surface area contributed by atoms with Crippen LogP contribution in [-0.4, -0.2) is 30.5 Å². The van der Waals surface area contributed by atoms with Gasteiger partial charge in [0.1, 0.15) is 0 Å². The predicted molar refractivity (Wildman–Crippen MR) is 79.0 cm³/mol. The molecule has 6 nitrogen and oxygen atoms in total. The number of hydrogen-bond donors (Lipinski definition) is 2. The van der Waals surface area contributed by atoms with Gasteiger partial charge in [0, 0.05) is 23.4 Å². The van der Waals surface area contributed by atoms with Gasteiger partial charge >= 0.3 is 6.01 Å². The van der Waals surface area contributed by atoms with Crippen molar-refractivity contribution in [2.24, 2.45) is 0 Å². The molecule has 0 bridgehead atoms. The molecule has 2 heterocycles. The molecule has 110 valence electrons. The van der Waals surface area contributed by atoms with Crippen LogP contribution in [0.3, 0.4) is 0 Å². The van der Waals surface area contributed by atoms with Gasteiger partial charge in [-0.3, -0.25) is 0 Å². The molecule has 0 aromatic carbocycles. The average Bonchev–Trinajstić information content (AvgIpc) is 3.00. The number of hydrogen-bond acceptors (Lipinski definition) is 7. The van der Waals surface area contributed by atoms with E-state index in [1.807, 2.05) is 0 Å². The largest absolute Gasteiger partial charge is 0.407 e. The Morgan fingerprint density at radius 2 is 2.15 bits per heavy atom. The standard InChI is InChI=1S/C13H20N4O2S/c1-9-6-11(20-10(9)2)7-15-13-17-16-12(19-13)8-14-4-5-18-3/h6,14H,4-5,7-8H2,1-3H3,(H,15,17). The Labute approximate surface area is 122 Å². The number of nitrogens with zero attached hydrogens (tertiary/aromatic N) is 2. The molecular formula is C13H20N4O2S. The van der Waals surface area contributed by atoms with E-state index in [4.69, 9.17) is 9.15 Å². The predicted octanol–water partition coefficient (Wildman–Crippen LogP) is 2.10. The third kappa shape index (κ3) is 4.29. The van der Waals surface area contributed by atoms with Crippen LogP contribution >= 0.6 is 11.3 Å². The Balaban J connectivity index is 1.77. The van der Waals surface area contributed by atoms with E-state index < -0.39 is 0 Å². The van der Waals surface area contributed by atoms with Gasteiger partial charge in [-0.25, -0.2) is 0 Å².